The lowest BCUT2D eigenvalue weighted by Crippen LogP contribution is -2.45. The van der Waals surface area contributed by atoms with Crippen molar-refractivity contribution in [3.05, 3.63) is 72.9 Å². The highest BCUT2D eigenvalue weighted by molar-refractivity contribution is 5.76. The fourth-order valence-electron chi connectivity index (χ4n) is 6.30. The van der Waals surface area contributed by atoms with Crippen molar-refractivity contribution in [2.75, 3.05) is 6.61 Å². The number of aliphatic hydroxyl groups excluding tert-OH is 2. The van der Waals surface area contributed by atoms with Gasteiger partial charge in [-0.25, -0.2) is 0 Å². The predicted molar refractivity (Wildman–Crippen MR) is 230 cm³/mol. The van der Waals surface area contributed by atoms with Crippen LogP contribution in [0.4, 0.5) is 0 Å². The topological polar surface area (TPSA) is 69.6 Å². The lowest BCUT2D eigenvalue weighted by Gasteiger charge is -2.19. The Hall–Kier alpha value is -2.17. The van der Waals surface area contributed by atoms with E-state index in [2.05, 4.69) is 79.9 Å². The Morgan fingerprint density at radius 2 is 0.865 bits per heavy atom. The second-order valence-corrected chi connectivity index (χ2v) is 14.7. The summed E-state index contributed by atoms with van der Waals surface area (Å²) in [5.74, 6) is -0.0848. The number of allylic oxidation sites excluding steroid dienone is 11. The van der Waals surface area contributed by atoms with E-state index in [1.807, 2.05) is 6.08 Å². The standard InChI is InChI=1S/C48H85NO3/c1-3-5-7-9-11-13-15-17-19-21-23-24-26-28-30-32-34-36-38-40-42-44-48(52)49-46(45-50)47(51)43-41-39-37-35-33-31-29-27-25-22-20-18-16-14-12-10-8-6-4-2/h5,7,11,13,17,19,23-24,33,35,41,43,46-47,50-51H,3-4,6,8-10,12,14-16,18,20-22,25-32,34,36-40,42,44-45H2,1-2H3,(H,49,52)/b7-5-,13-11-,19-17-,24-23-,35-33+,43-41+. The number of rotatable bonds is 39. The molecule has 0 spiro atoms. The average Bonchev–Trinajstić information content (AvgIpc) is 3.15. The molecule has 0 aliphatic rings. The number of hydrogen-bond donors (Lipinski definition) is 3. The quantitative estimate of drug-likeness (QED) is 0.0437. The molecule has 52 heavy (non-hydrogen) atoms. The van der Waals surface area contributed by atoms with E-state index < -0.39 is 12.1 Å². The van der Waals surface area contributed by atoms with Gasteiger partial charge in [0.2, 0.25) is 5.91 Å². The molecule has 3 N–H and O–H groups in total. The van der Waals surface area contributed by atoms with Crippen molar-refractivity contribution < 1.29 is 15.0 Å². The van der Waals surface area contributed by atoms with Gasteiger partial charge in [0.15, 0.2) is 0 Å². The average molecular weight is 724 g/mol. The molecule has 0 rings (SSSR count). The molecular weight excluding hydrogens is 639 g/mol. The number of nitrogens with one attached hydrogen (secondary N) is 1. The number of amides is 1. The van der Waals surface area contributed by atoms with Crippen LogP contribution >= 0.6 is 0 Å². The van der Waals surface area contributed by atoms with Crippen LogP contribution in [0.5, 0.6) is 0 Å². The third-order valence-corrected chi connectivity index (χ3v) is 9.67. The molecule has 0 saturated carbocycles. The summed E-state index contributed by atoms with van der Waals surface area (Å²) in [4.78, 5) is 12.4. The van der Waals surface area contributed by atoms with Gasteiger partial charge in [-0.1, -0.05) is 202 Å². The highest BCUT2D eigenvalue weighted by Gasteiger charge is 2.17. The van der Waals surface area contributed by atoms with E-state index in [-0.39, 0.29) is 12.5 Å². The Morgan fingerprint density at radius 1 is 0.481 bits per heavy atom. The molecule has 1 amide bonds. The molecule has 0 aromatic carbocycles. The second-order valence-electron chi connectivity index (χ2n) is 14.7. The highest BCUT2D eigenvalue weighted by atomic mass is 16.3. The van der Waals surface area contributed by atoms with Crippen molar-refractivity contribution in [1.82, 2.24) is 5.32 Å². The Morgan fingerprint density at radius 3 is 1.35 bits per heavy atom. The summed E-state index contributed by atoms with van der Waals surface area (Å²) in [5.41, 5.74) is 0. The van der Waals surface area contributed by atoms with E-state index in [1.54, 1.807) is 6.08 Å². The maximum Gasteiger partial charge on any atom is 0.220 e. The van der Waals surface area contributed by atoms with Crippen LogP contribution in [0.2, 0.25) is 0 Å². The summed E-state index contributed by atoms with van der Waals surface area (Å²) < 4.78 is 0. The number of aliphatic hydroxyl groups is 2. The van der Waals surface area contributed by atoms with Crippen LogP contribution in [-0.2, 0) is 4.79 Å². The number of carbonyl (C=O) groups excluding carboxylic acids is 1. The van der Waals surface area contributed by atoms with Gasteiger partial charge in [0, 0.05) is 6.42 Å². The fourth-order valence-corrected chi connectivity index (χ4v) is 6.30. The number of unbranched alkanes of at least 4 members (excludes halogenated alkanes) is 22. The van der Waals surface area contributed by atoms with Gasteiger partial charge >= 0.3 is 0 Å². The minimum absolute atomic E-state index is 0.0848. The molecule has 0 aliphatic heterocycles. The molecule has 4 nitrogen and oxygen atoms in total. The van der Waals surface area contributed by atoms with E-state index >= 15 is 0 Å². The van der Waals surface area contributed by atoms with Crippen molar-refractivity contribution in [1.29, 1.82) is 0 Å². The maximum atomic E-state index is 12.4. The lowest BCUT2D eigenvalue weighted by atomic mass is 10.0. The minimum Gasteiger partial charge on any atom is -0.394 e. The van der Waals surface area contributed by atoms with E-state index in [1.165, 1.54) is 122 Å². The summed E-state index contributed by atoms with van der Waals surface area (Å²) in [5, 5.41) is 23.0. The van der Waals surface area contributed by atoms with Gasteiger partial charge < -0.3 is 15.5 Å². The first-order chi connectivity index (χ1) is 25.7. The lowest BCUT2D eigenvalue weighted by molar-refractivity contribution is -0.123. The third-order valence-electron chi connectivity index (χ3n) is 9.67. The third kappa shape index (κ3) is 39.0. The van der Waals surface area contributed by atoms with Crippen LogP contribution in [0.25, 0.3) is 0 Å². The Labute approximate surface area is 323 Å². The Bertz CT molecular complexity index is 915. The van der Waals surface area contributed by atoms with Crippen LogP contribution < -0.4 is 5.32 Å². The van der Waals surface area contributed by atoms with E-state index in [4.69, 9.17) is 0 Å². The second kappa shape index (κ2) is 43.2. The van der Waals surface area contributed by atoms with E-state index in [9.17, 15) is 15.0 Å². The number of hydrogen-bond acceptors (Lipinski definition) is 3. The van der Waals surface area contributed by atoms with E-state index in [0.717, 1.165) is 64.2 Å². The van der Waals surface area contributed by atoms with Crippen molar-refractivity contribution in [2.24, 2.45) is 0 Å². The molecule has 2 atom stereocenters. The molecule has 0 saturated heterocycles. The maximum absolute atomic E-state index is 12.4. The summed E-state index contributed by atoms with van der Waals surface area (Å²) in [7, 11) is 0. The van der Waals surface area contributed by atoms with Crippen molar-refractivity contribution in [2.45, 2.75) is 219 Å². The van der Waals surface area contributed by atoms with Gasteiger partial charge in [-0.3, -0.25) is 4.79 Å². The first-order valence-corrected chi connectivity index (χ1v) is 22.2. The fraction of sp³-hybridized carbons (Fsp3) is 0.729. The Kier molecular flexibility index (Phi) is 41.4. The molecule has 300 valence electrons. The van der Waals surface area contributed by atoms with Crippen molar-refractivity contribution in [3.8, 4) is 0 Å². The van der Waals surface area contributed by atoms with Gasteiger partial charge in [-0.05, 0) is 70.6 Å². The smallest absolute Gasteiger partial charge is 0.220 e. The van der Waals surface area contributed by atoms with Gasteiger partial charge in [-0.2, -0.15) is 0 Å². The largest absolute Gasteiger partial charge is 0.394 e. The number of carbonyl (C=O) groups is 1. The zero-order chi connectivity index (χ0) is 37.8. The molecule has 0 aromatic rings. The molecule has 2 unspecified atom stereocenters. The first kappa shape index (κ1) is 49.8. The summed E-state index contributed by atoms with van der Waals surface area (Å²) in [6.07, 6.45) is 61.5. The first-order valence-electron chi connectivity index (χ1n) is 22.2. The monoisotopic (exact) mass is 724 g/mol. The van der Waals surface area contributed by atoms with Gasteiger partial charge in [0.1, 0.15) is 0 Å². The molecule has 4 heteroatoms. The van der Waals surface area contributed by atoms with Gasteiger partial charge in [0.05, 0.1) is 18.8 Å². The van der Waals surface area contributed by atoms with Crippen LogP contribution in [0, 0.1) is 0 Å². The molecule has 0 heterocycles. The SMILES string of the molecule is CC/C=C\C/C=C\C/C=C\C/C=C\CCCCCCCCCCC(=O)NC(CO)C(O)/C=C/CC/C=C/CCCCCCCCCCCCCCC. The van der Waals surface area contributed by atoms with Crippen LogP contribution in [0.1, 0.15) is 206 Å². The molecule has 0 radical (unpaired) electrons. The van der Waals surface area contributed by atoms with Crippen molar-refractivity contribution >= 4 is 5.91 Å². The highest BCUT2D eigenvalue weighted by Crippen LogP contribution is 2.14. The van der Waals surface area contributed by atoms with Crippen molar-refractivity contribution in [3.63, 3.8) is 0 Å². The molecular formula is C48H85NO3. The molecule has 0 aromatic heterocycles. The zero-order valence-corrected chi connectivity index (χ0v) is 34.3. The van der Waals surface area contributed by atoms with Crippen LogP contribution in [-0.4, -0.2) is 34.9 Å². The summed E-state index contributed by atoms with van der Waals surface area (Å²) in [6, 6.07) is -0.647. The van der Waals surface area contributed by atoms with Crippen LogP contribution in [0.15, 0.2) is 72.9 Å². The zero-order valence-electron chi connectivity index (χ0n) is 34.3. The van der Waals surface area contributed by atoms with E-state index in [0.29, 0.717) is 6.42 Å². The molecule has 0 aliphatic carbocycles. The van der Waals surface area contributed by atoms with Crippen LogP contribution in [0.3, 0.4) is 0 Å². The normalized spacial score (nSPS) is 13.7. The van der Waals surface area contributed by atoms with Gasteiger partial charge in [-0.15, -0.1) is 0 Å². The Balaban J connectivity index is 3.65. The molecule has 0 bridgehead atoms. The minimum atomic E-state index is -0.869. The van der Waals surface area contributed by atoms with Gasteiger partial charge in [0.25, 0.3) is 0 Å². The summed E-state index contributed by atoms with van der Waals surface area (Å²) >= 11 is 0. The summed E-state index contributed by atoms with van der Waals surface area (Å²) in [6.45, 7) is 4.18. The predicted octanol–water partition coefficient (Wildman–Crippen LogP) is 13.9. The molecule has 0 fully saturated rings.